The van der Waals surface area contributed by atoms with Gasteiger partial charge in [-0.15, -0.1) is 0 Å². The van der Waals surface area contributed by atoms with E-state index in [9.17, 15) is 30.0 Å². The first kappa shape index (κ1) is 26.8. The molecule has 2 heterocycles. The van der Waals surface area contributed by atoms with Gasteiger partial charge in [-0.1, -0.05) is 12.5 Å². The Balaban J connectivity index is 1.39. The summed E-state index contributed by atoms with van der Waals surface area (Å²) in [7, 11) is 1.61. The summed E-state index contributed by atoms with van der Waals surface area (Å²) in [6.45, 7) is 8.55. The maximum absolute atomic E-state index is 13.7. The van der Waals surface area contributed by atoms with E-state index in [0.717, 1.165) is 5.57 Å². The Morgan fingerprint density at radius 1 is 1.08 bits per heavy atom. The number of epoxide rings is 1. The summed E-state index contributed by atoms with van der Waals surface area (Å²) in [5.74, 6) is -1.11. The van der Waals surface area contributed by atoms with Crippen molar-refractivity contribution in [2.45, 2.75) is 126 Å². The Morgan fingerprint density at radius 2 is 1.76 bits per heavy atom. The zero-order valence-electron chi connectivity index (χ0n) is 23.2. The van der Waals surface area contributed by atoms with E-state index >= 15 is 0 Å². The van der Waals surface area contributed by atoms with Crippen molar-refractivity contribution in [2.75, 3.05) is 7.11 Å². The smallest absolute Gasteiger partial charge is 0.334 e. The standard InChI is InChI=1S/C29H42O9/c1-14-9-21(37-23(32)15(14)2)26(5,33)29(35)20(31)13-27(34)18-11-22-28(38-22)12-16(36-6)10-19(30)25(28,4)17(18)7-8-24(27,29)3/h16-18,20-22,31,33-35H,7-13H2,1-6H3/t16-,17-,18+,20-,21?,22+,24-,25-,26-,27+,28+,29-/m0/s1. The SMILES string of the molecule is CO[C@H]1CC(=O)[C@]2(C)[C@H]3CC[C@]4(C)[C@](O)([C@@](C)(O)C5CC(C)=C(C)C(=O)O5)[C@@H](O)C[C@@]4(O)[C@@H]3C[C@H]3O[C@]32C1. The van der Waals surface area contributed by atoms with Crippen LogP contribution in [0.4, 0.5) is 0 Å². The maximum atomic E-state index is 13.7. The van der Waals surface area contributed by atoms with Gasteiger partial charge in [0.2, 0.25) is 0 Å². The van der Waals surface area contributed by atoms with Gasteiger partial charge in [-0.05, 0) is 58.8 Å². The first-order valence-corrected chi connectivity index (χ1v) is 14.0. The monoisotopic (exact) mass is 534 g/mol. The second-order valence-electron chi connectivity index (χ2n) is 13.8. The molecule has 1 spiro atoms. The number of hydrogen-bond acceptors (Lipinski definition) is 9. The summed E-state index contributed by atoms with van der Waals surface area (Å²) in [4.78, 5) is 26.2. The largest absolute Gasteiger partial charge is 0.455 e. The number of methoxy groups -OCH3 is 1. The number of Topliss-reactive ketones (excluding diaryl/α,β-unsaturated/α-hetero) is 1. The molecule has 0 bridgehead atoms. The number of hydrogen-bond donors (Lipinski definition) is 4. The molecule has 2 aliphatic heterocycles. The Bertz CT molecular complexity index is 1130. The van der Waals surface area contributed by atoms with Gasteiger partial charge in [0.1, 0.15) is 28.7 Å². The molecule has 6 aliphatic rings. The highest BCUT2D eigenvalue weighted by Gasteiger charge is 2.85. The van der Waals surface area contributed by atoms with E-state index in [1.54, 1.807) is 27.9 Å². The molecule has 9 nitrogen and oxygen atoms in total. The van der Waals surface area contributed by atoms with E-state index in [4.69, 9.17) is 14.2 Å². The molecule has 0 radical (unpaired) electrons. The van der Waals surface area contributed by atoms with E-state index in [2.05, 4.69) is 0 Å². The predicted octanol–water partition coefficient (Wildman–Crippen LogP) is 1.57. The maximum Gasteiger partial charge on any atom is 0.334 e. The summed E-state index contributed by atoms with van der Waals surface area (Å²) in [5.41, 5.74) is -7.33. The van der Waals surface area contributed by atoms with Gasteiger partial charge in [0.15, 0.2) is 0 Å². The topological polar surface area (TPSA) is 146 Å². The minimum Gasteiger partial charge on any atom is -0.455 e. The van der Waals surface area contributed by atoms with Crippen LogP contribution in [0.3, 0.4) is 0 Å². The first-order chi connectivity index (χ1) is 17.5. The van der Waals surface area contributed by atoms with Crippen molar-refractivity contribution < 1.29 is 44.2 Å². The van der Waals surface area contributed by atoms with Crippen molar-refractivity contribution in [2.24, 2.45) is 22.7 Å². The van der Waals surface area contributed by atoms with Crippen molar-refractivity contribution in [1.82, 2.24) is 0 Å². The lowest BCUT2D eigenvalue weighted by Gasteiger charge is -2.63. The van der Waals surface area contributed by atoms with Crippen molar-refractivity contribution in [3.63, 3.8) is 0 Å². The molecule has 6 rings (SSSR count). The lowest BCUT2D eigenvalue weighted by Crippen LogP contribution is -2.75. The van der Waals surface area contributed by atoms with Gasteiger partial charge in [0.05, 0.1) is 29.3 Å². The number of cyclic esters (lactones) is 1. The van der Waals surface area contributed by atoms with Gasteiger partial charge in [-0.3, -0.25) is 4.79 Å². The number of rotatable bonds is 3. The Labute approximate surface area is 223 Å². The number of esters is 1. The fourth-order valence-electron chi connectivity index (χ4n) is 9.97. The third-order valence-corrected chi connectivity index (χ3v) is 12.7. The molecule has 0 aromatic rings. The minimum absolute atomic E-state index is 0.0764. The van der Waals surface area contributed by atoms with Crippen LogP contribution in [0.1, 0.15) is 79.6 Å². The van der Waals surface area contributed by atoms with Crippen LogP contribution in [0.5, 0.6) is 0 Å². The van der Waals surface area contributed by atoms with Crippen LogP contribution < -0.4 is 0 Å². The molecule has 0 amide bonds. The number of aliphatic hydroxyl groups excluding tert-OH is 1. The fourth-order valence-corrected chi connectivity index (χ4v) is 9.97. The van der Waals surface area contributed by atoms with E-state index < -0.39 is 57.3 Å². The average Bonchev–Trinajstić information content (AvgIpc) is 3.53. The summed E-state index contributed by atoms with van der Waals surface area (Å²) in [5, 5.41) is 48.4. The van der Waals surface area contributed by atoms with Crippen molar-refractivity contribution in [1.29, 1.82) is 0 Å². The fraction of sp³-hybridized carbons (Fsp3) is 0.862. The average molecular weight is 535 g/mol. The number of ether oxygens (including phenoxy) is 3. The normalized spacial score (nSPS) is 55.3. The lowest BCUT2D eigenvalue weighted by molar-refractivity contribution is -0.296. The molecular formula is C29H42O9. The summed E-state index contributed by atoms with van der Waals surface area (Å²) < 4.78 is 17.5. The molecule has 38 heavy (non-hydrogen) atoms. The van der Waals surface area contributed by atoms with Crippen LogP contribution in [0.15, 0.2) is 11.1 Å². The first-order valence-electron chi connectivity index (χ1n) is 14.0. The van der Waals surface area contributed by atoms with Crippen LogP contribution in [0.2, 0.25) is 0 Å². The molecule has 9 heteroatoms. The number of aliphatic hydroxyl groups is 4. The molecule has 5 fully saturated rings. The highest BCUT2D eigenvalue weighted by atomic mass is 16.6. The van der Waals surface area contributed by atoms with Gasteiger partial charge in [0.25, 0.3) is 0 Å². The van der Waals surface area contributed by atoms with E-state index in [1.165, 1.54) is 6.92 Å². The van der Waals surface area contributed by atoms with Gasteiger partial charge in [0, 0.05) is 43.8 Å². The number of carbonyl (C=O) groups excluding carboxylic acids is 2. The second-order valence-corrected chi connectivity index (χ2v) is 13.8. The number of carbonyl (C=O) groups is 2. The van der Waals surface area contributed by atoms with Gasteiger partial charge in [-0.2, -0.15) is 0 Å². The molecule has 0 aromatic heterocycles. The van der Waals surface area contributed by atoms with Crippen LogP contribution in [0, 0.1) is 22.7 Å². The molecule has 0 aromatic carbocycles. The summed E-state index contributed by atoms with van der Waals surface area (Å²) in [6, 6.07) is 0. The second kappa shape index (κ2) is 7.68. The van der Waals surface area contributed by atoms with Crippen molar-refractivity contribution >= 4 is 11.8 Å². The Kier molecular flexibility index (Phi) is 5.42. The predicted molar refractivity (Wildman–Crippen MR) is 134 cm³/mol. The highest BCUT2D eigenvalue weighted by Crippen LogP contribution is 2.75. The van der Waals surface area contributed by atoms with Gasteiger partial charge < -0.3 is 34.6 Å². The molecule has 212 valence electrons. The van der Waals surface area contributed by atoms with Crippen molar-refractivity contribution in [3.05, 3.63) is 11.1 Å². The Morgan fingerprint density at radius 3 is 2.39 bits per heavy atom. The van der Waals surface area contributed by atoms with Gasteiger partial charge in [-0.25, -0.2) is 4.79 Å². The molecule has 4 aliphatic carbocycles. The Hall–Kier alpha value is -1.36. The molecule has 12 atom stereocenters. The molecule has 1 unspecified atom stereocenters. The summed E-state index contributed by atoms with van der Waals surface area (Å²) in [6.07, 6.45) is -0.690. The molecular weight excluding hydrogens is 492 g/mol. The minimum atomic E-state index is -2.17. The van der Waals surface area contributed by atoms with Gasteiger partial charge >= 0.3 is 5.97 Å². The van der Waals surface area contributed by atoms with Crippen molar-refractivity contribution in [3.8, 4) is 0 Å². The van der Waals surface area contributed by atoms with Crippen LogP contribution in [0.25, 0.3) is 0 Å². The third kappa shape index (κ3) is 2.74. The van der Waals surface area contributed by atoms with Crippen LogP contribution in [-0.4, -0.2) is 86.1 Å². The summed E-state index contributed by atoms with van der Waals surface area (Å²) >= 11 is 0. The number of ketones is 1. The highest BCUT2D eigenvalue weighted by molar-refractivity contribution is 5.90. The van der Waals surface area contributed by atoms with Crippen LogP contribution >= 0.6 is 0 Å². The zero-order chi connectivity index (χ0) is 27.8. The van der Waals surface area contributed by atoms with E-state index in [1.807, 2.05) is 6.92 Å². The number of fused-ring (bicyclic) bond motifs is 4. The molecule has 4 N–H and O–H groups in total. The van der Waals surface area contributed by atoms with E-state index in [-0.39, 0.29) is 43.2 Å². The zero-order valence-corrected chi connectivity index (χ0v) is 23.2. The quantitative estimate of drug-likeness (QED) is 0.313. The van der Waals surface area contributed by atoms with E-state index in [0.29, 0.717) is 31.3 Å². The third-order valence-electron chi connectivity index (χ3n) is 12.7. The lowest BCUT2D eigenvalue weighted by atomic mass is 9.42. The molecule has 1 saturated heterocycles. The van der Waals surface area contributed by atoms with Crippen LogP contribution in [-0.2, 0) is 23.8 Å². The molecule has 4 saturated carbocycles.